The van der Waals surface area contributed by atoms with Crippen molar-refractivity contribution in [1.82, 2.24) is 5.32 Å². The van der Waals surface area contributed by atoms with Crippen molar-refractivity contribution in [1.29, 1.82) is 0 Å². The van der Waals surface area contributed by atoms with Crippen LogP contribution < -0.4 is 5.32 Å². The molecule has 1 heterocycles. The van der Waals surface area contributed by atoms with Gasteiger partial charge in [0.1, 0.15) is 0 Å². The van der Waals surface area contributed by atoms with Gasteiger partial charge >= 0.3 is 0 Å². The lowest BCUT2D eigenvalue weighted by molar-refractivity contribution is -0.118. The number of nitrogens with one attached hydrogen (secondary N) is 1. The van der Waals surface area contributed by atoms with Gasteiger partial charge in [0, 0.05) is 13.5 Å². The van der Waals surface area contributed by atoms with E-state index in [-0.39, 0.29) is 11.7 Å². The second kappa shape index (κ2) is 6.23. The monoisotopic (exact) mass is 237 g/mol. The minimum Gasteiger partial charge on any atom is -0.356 e. The van der Waals surface area contributed by atoms with E-state index >= 15 is 0 Å². The lowest BCUT2D eigenvalue weighted by atomic mass is 10.2. The van der Waals surface area contributed by atoms with Crippen LogP contribution in [0.25, 0.3) is 6.08 Å². The van der Waals surface area contributed by atoms with Crippen LogP contribution in [0.4, 0.5) is 0 Å². The summed E-state index contributed by atoms with van der Waals surface area (Å²) in [7, 11) is 0. The molecule has 1 aromatic heterocycles. The van der Waals surface area contributed by atoms with E-state index in [4.69, 9.17) is 0 Å². The molecule has 0 spiro atoms. The third kappa shape index (κ3) is 3.98. The smallest absolute Gasteiger partial charge is 0.216 e. The van der Waals surface area contributed by atoms with Crippen LogP contribution in [0.3, 0.4) is 0 Å². The van der Waals surface area contributed by atoms with Gasteiger partial charge < -0.3 is 5.32 Å². The van der Waals surface area contributed by atoms with E-state index < -0.39 is 0 Å². The Kier molecular flexibility index (Phi) is 4.92. The van der Waals surface area contributed by atoms with E-state index in [0.29, 0.717) is 6.54 Å². The van der Waals surface area contributed by atoms with Crippen LogP contribution in [0.1, 0.15) is 35.5 Å². The Morgan fingerprint density at radius 1 is 1.44 bits per heavy atom. The largest absolute Gasteiger partial charge is 0.356 e. The van der Waals surface area contributed by atoms with Crippen molar-refractivity contribution < 1.29 is 9.59 Å². The number of hydrogen-bond acceptors (Lipinski definition) is 3. The van der Waals surface area contributed by atoms with E-state index in [1.54, 1.807) is 6.92 Å². The van der Waals surface area contributed by atoms with Crippen molar-refractivity contribution in [2.75, 3.05) is 6.54 Å². The van der Waals surface area contributed by atoms with Crippen molar-refractivity contribution in [3.05, 3.63) is 28.0 Å². The second-order valence-corrected chi connectivity index (χ2v) is 4.35. The Balaban J connectivity index is 2.47. The number of thiophene rings is 1. The number of ketones is 1. The Labute approximate surface area is 99.2 Å². The fraction of sp³-hybridized carbons (Fsp3) is 0.333. The molecule has 0 saturated carbocycles. The Hall–Kier alpha value is -1.42. The van der Waals surface area contributed by atoms with Crippen molar-refractivity contribution in [2.24, 2.45) is 0 Å². The summed E-state index contributed by atoms with van der Waals surface area (Å²) in [4.78, 5) is 22.6. The maximum atomic E-state index is 11.2. The van der Waals surface area contributed by atoms with Gasteiger partial charge in [0.05, 0.1) is 4.88 Å². The number of amides is 1. The van der Waals surface area contributed by atoms with Gasteiger partial charge in [-0.1, -0.05) is 12.2 Å². The normalized spacial score (nSPS) is 10.6. The van der Waals surface area contributed by atoms with Gasteiger partial charge in [-0.3, -0.25) is 9.59 Å². The van der Waals surface area contributed by atoms with E-state index in [0.717, 1.165) is 16.9 Å². The van der Waals surface area contributed by atoms with Crippen LogP contribution >= 0.6 is 11.3 Å². The molecule has 4 heteroatoms. The first-order chi connectivity index (χ1) is 7.61. The van der Waals surface area contributed by atoms with Crippen molar-refractivity contribution in [3.8, 4) is 0 Å². The Morgan fingerprint density at radius 2 is 2.19 bits per heavy atom. The average Bonchev–Trinajstić information content (AvgIpc) is 2.65. The number of rotatable bonds is 5. The van der Waals surface area contributed by atoms with Crippen LogP contribution in [-0.4, -0.2) is 18.2 Å². The van der Waals surface area contributed by atoms with Gasteiger partial charge in [0.25, 0.3) is 0 Å². The van der Waals surface area contributed by atoms with Crippen LogP contribution in [0, 0.1) is 0 Å². The van der Waals surface area contributed by atoms with Crippen LogP contribution in [0.5, 0.6) is 0 Å². The van der Waals surface area contributed by atoms with Crippen LogP contribution in [0.2, 0.25) is 0 Å². The zero-order chi connectivity index (χ0) is 12.0. The molecule has 1 N–H and O–H groups in total. The predicted molar refractivity (Wildman–Crippen MR) is 66.7 cm³/mol. The van der Waals surface area contributed by atoms with Crippen molar-refractivity contribution in [3.63, 3.8) is 0 Å². The zero-order valence-electron chi connectivity index (χ0n) is 9.45. The molecule has 1 rings (SSSR count). The number of Topliss-reactive ketones (excluding diaryl/α,β-unsaturated/α-hetero) is 1. The molecule has 0 bridgehead atoms. The SMILES string of the molecule is CC(=O)NCCC=Cc1ccsc1C(C)=O. The van der Waals surface area contributed by atoms with E-state index in [1.807, 2.05) is 23.6 Å². The highest BCUT2D eigenvalue weighted by atomic mass is 32.1. The van der Waals surface area contributed by atoms with E-state index in [2.05, 4.69) is 5.32 Å². The summed E-state index contributed by atoms with van der Waals surface area (Å²) in [5, 5.41) is 4.62. The number of carbonyl (C=O) groups is 2. The molecule has 0 saturated heterocycles. The summed E-state index contributed by atoms with van der Waals surface area (Å²) < 4.78 is 0. The van der Waals surface area contributed by atoms with Gasteiger partial charge in [0.2, 0.25) is 5.91 Å². The lowest BCUT2D eigenvalue weighted by Gasteiger charge is -1.97. The standard InChI is InChI=1S/C12H15NO2S/c1-9(14)12-11(6-8-16-12)5-3-4-7-13-10(2)15/h3,5-6,8H,4,7H2,1-2H3,(H,13,15). The molecule has 3 nitrogen and oxygen atoms in total. The van der Waals surface area contributed by atoms with Crippen LogP contribution in [0.15, 0.2) is 17.5 Å². The first kappa shape index (κ1) is 12.6. The zero-order valence-corrected chi connectivity index (χ0v) is 10.3. The van der Waals surface area contributed by atoms with Gasteiger partial charge in [0.15, 0.2) is 5.78 Å². The molecule has 0 atom stereocenters. The first-order valence-corrected chi connectivity index (χ1v) is 5.98. The highest BCUT2D eigenvalue weighted by Gasteiger charge is 2.05. The van der Waals surface area contributed by atoms with Gasteiger partial charge in [-0.2, -0.15) is 0 Å². The summed E-state index contributed by atoms with van der Waals surface area (Å²) in [6.07, 6.45) is 4.66. The summed E-state index contributed by atoms with van der Waals surface area (Å²) in [6.45, 7) is 3.70. The maximum Gasteiger partial charge on any atom is 0.216 e. The van der Waals surface area contributed by atoms with Gasteiger partial charge in [-0.05, 0) is 30.4 Å². The van der Waals surface area contributed by atoms with Gasteiger partial charge in [-0.25, -0.2) is 0 Å². The van der Waals surface area contributed by atoms with Crippen molar-refractivity contribution in [2.45, 2.75) is 20.3 Å². The topological polar surface area (TPSA) is 46.2 Å². The molecule has 0 aliphatic heterocycles. The molecular formula is C12H15NO2S. The molecule has 16 heavy (non-hydrogen) atoms. The molecule has 0 aliphatic carbocycles. The number of carbonyl (C=O) groups excluding carboxylic acids is 2. The van der Waals surface area contributed by atoms with E-state index in [1.165, 1.54) is 18.3 Å². The molecule has 0 unspecified atom stereocenters. The quantitative estimate of drug-likeness (QED) is 0.631. The molecule has 0 aromatic carbocycles. The summed E-state index contributed by atoms with van der Waals surface area (Å²) >= 11 is 1.46. The third-order valence-electron chi connectivity index (χ3n) is 2.00. The fourth-order valence-electron chi connectivity index (χ4n) is 1.28. The minimum atomic E-state index is -0.0200. The van der Waals surface area contributed by atoms with Crippen LogP contribution in [-0.2, 0) is 4.79 Å². The predicted octanol–water partition coefficient (Wildman–Crippen LogP) is 2.49. The summed E-state index contributed by atoms with van der Waals surface area (Å²) in [6, 6.07) is 1.93. The first-order valence-electron chi connectivity index (χ1n) is 5.10. The average molecular weight is 237 g/mol. The molecule has 0 aliphatic rings. The highest BCUT2D eigenvalue weighted by molar-refractivity contribution is 7.12. The lowest BCUT2D eigenvalue weighted by Crippen LogP contribution is -2.20. The van der Waals surface area contributed by atoms with Gasteiger partial charge in [-0.15, -0.1) is 11.3 Å². The fourth-order valence-corrected chi connectivity index (χ4v) is 2.07. The Bertz CT molecular complexity index is 407. The van der Waals surface area contributed by atoms with Crippen molar-refractivity contribution >= 4 is 29.1 Å². The molecular weight excluding hydrogens is 222 g/mol. The highest BCUT2D eigenvalue weighted by Crippen LogP contribution is 2.18. The summed E-state index contributed by atoms with van der Waals surface area (Å²) in [5.74, 6) is 0.0740. The second-order valence-electron chi connectivity index (χ2n) is 3.44. The summed E-state index contributed by atoms with van der Waals surface area (Å²) in [5.41, 5.74) is 0.959. The Morgan fingerprint density at radius 3 is 2.81 bits per heavy atom. The molecule has 0 radical (unpaired) electrons. The van der Waals surface area contributed by atoms with E-state index in [9.17, 15) is 9.59 Å². The third-order valence-corrected chi connectivity index (χ3v) is 3.03. The molecule has 0 fully saturated rings. The molecule has 86 valence electrons. The molecule has 1 amide bonds. The molecule has 1 aromatic rings. The maximum absolute atomic E-state index is 11.2. The number of hydrogen-bond donors (Lipinski definition) is 1. The minimum absolute atomic E-state index is 0.0200.